The van der Waals surface area contributed by atoms with Crippen LogP contribution in [0.3, 0.4) is 0 Å². The fourth-order valence-corrected chi connectivity index (χ4v) is 2.72. The van der Waals surface area contributed by atoms with Gasteiger partial charge in [0.25, 0.3) is 5.60 Å². The van der Waals surface area contributed by atoms with Crippen molar-refractivity contribution in [3.05, 3.63) is 59.7 Å². The summed E-state index contributed by atoms with van der Waals surface area (Å²) in [4.78, 5) is 36.1. The molecule has 0 aliphatic carbocycles. The number of rotatable bonds is 9. The van der Waals surface area contributed by atoms with Crippen LogP contribution in [0.4, 0.5) is 13.2 Å². The lowest BCUT2D eigenvalue weighted by molar-refractivity contribution is -0.277. The largest absolute Gasteiger partial charge is 0.460 e. The molecule has 0 N–H and O–H groups in total. The predicted molar refractivity (Wildman–Crippen MR) is 115 cm³/mol. The smallest absolute Gasteiger partial charge is 0.432 e. The van der Waals surface area contributed by atoms with Crippen LogP contribution in [0.2, 0.25) is 0 Å². The van der Waals surface area contributed by atoms with Crippen LogP contribution >= 0.6 is 0 Å². The second-order valence-corrected chi connectivity index (χ2v) is 8.37. The van der Waals surface area contributed by atoms with Crippen LogP contribution in [-0.2, 0) is 34.2 Å². The summed E-state index contributed by atoms with van der Waals surface area (Å²) in [5, 5.41) is 0. The van der Waals surface area contributed by atoms with E-state index in [1.54, 1.807) is 20.8 Å². The van der Waals surface area contributed by atoms with E-state index < -0.39 is 40.8 Å². The van der Waals surface area contributed by atoms with Crippen LogP contribution in [0, 0.1) is 5.41 Å². The van der Waals surface area contributed by atoms with Gasteiger partial charge < -0.3 is 14.2 Å². The second-order valence-electron chi connectivity index (χ2n) is 8.37. The van der Waals surface area contributed by atoms with E-state index in [1.165, 1.54) is 50.3 Å². The van der Waals surface area contributed by atoms with E-state index in [1.807, 2.05) is 0 Å². The van der Waals surface area contributed by atoms with Crippen LogP contribution in [0.5, 0.6) is 0 Å². The van der Waals surface area contributed by atoms with Gasteiger partial charge in [-0.25, -0.2) is 4.79 Å². The quantitative estimate of drug-likeness (QED) is 0.296. The molecule has 6 nitrogen and oxygen atoms in total. The van der Waals surface area contributed by atoms with Crippen molar-refractivity contribution >= 4 is 17.7 Å². The van der Waals surface area contributed by atoms with Gasteiger partial charge in [-0.15, -0.1) is 0 Å². The molecule has 0 aliphatic heterocycles. The van der Waals surface area contributed by atoms with E-state index in [4.69, 9.17) is 14.2 Å². The van der Waals surface area contributed by atoms with Crippen molar-refractivity contribution in [1.29, 1.82) is 0 Å². The maximum atomic E-state index is 14.0. The zero-order valence-corrected chi connectivity index (χ0v) is 19.5. The summed E-state index contributed by atoms with van der Waals surface area (Å²) in [5.41, 5.74) is -4.28. The molecular weight excluding hydrogens is 441 g/mol. The third-order valence-electron chi connectivity index (χ3n) is 4.43. The molecule has 0 fully saturated rings. The van der Waals surface area contributed by atoms with Crippen LogP contribution in [-0.4, -0.2) is 43.7 Å². The lowest BCUT2D eigenvalue weighted by Crippen LogP contribution is -2.52. The normalized spacial score (nSPS) is 15.6. The van der Waals surface area contributed by atoms with Gasteiger partial charge in [0, 0.05) is 12.7 Å². The minimum atomic E-state index is -5.11. The van der Waals surface area contributed by atoms with Crippen LogP contribution < -0.4 is 0 Å². The van der Waals surface area contributed by atoms with Crippen molar-refractivity contribution in [3.8, 4) is 0 Å². The second kappa shape index (κ2) is 11.3. The SMILES string of the molecule is CO[C@@](C(=O)O[C@@H](C)/C=C(/C=C/C(C)=O)COC(=O)C(C)(C)C)(c1ccccc1)C(F)(F)F. The zero-order chi connectivity index (χ0) is 25.4. The molecule has 0 saturated heterocycles. The van der Waals surface area contributed by atoms with Gasteiger partial charge in [0.15, 0.2) is 5.78 Å². The van der Waals surface area contributed by atoms with E-state index in [2.05, 4.69) is 0 Å². The van der Waals surface area contributed by atoms with Crippen molar-refractivity contribution in [2.75, 3.05) is 13.7 Å². The Hall–Kier alpha value is -2.94. The molecule has 0 aliphatic rings. The molecule has 0 heterocycles. The van der Waals surface area contributed by atoms with Gasteiger partial charge in [-0.3, -0.25) is 9.59 Å². The third-order valence-corrected chi connectivity index (χ3v) is 4.43. The van der Waals surface area contributed by atoms with Crippen molar-refractivity contribution < 1.29 is 41.8 Å². The van der Waals surface area contributed by atoms with Gasteiger partial charge in [-0.1, -0.05) is 36.4 Å². The van der Waals surface area contributed by atoms with Crippen molar-refractivity contribution in [3.63, 3.8) is 0 Å². The van der Waals surface area contributed by atoms with Crippen LogP contribution in [0.25, 0.3) is 0 Å². The molecule has 0 spiro atoms. The summed E-state index contributed by atoms with van der Waals surface area (Å²) in [5.74, 6) is -2.48. The van der Waals surface area contributed by atoms with Gasteiger partial charge in [0.1, 0.15) is 12.7 Å². The minimum Gasteiger partial charge on any atom is -0.460 e. The summed E-state index contributed by atoms with van der Waals surface area (Å²) in [6, 6.07) is 6.43. The molecule has 2 atom stereocenters. The van der Waals surface area contributed by atoms with Crippen molar-refractivity contribution in [2.24, 2.45) is 5.41 Å². The Morgan fingerprint density at radius 2 is 1.58 bits per heavy atom. The van der Waals surface area contributed by atoms with E-state index in [-0.39, 0.29) is 18.0 Å². The molecule has 0 radical (unpaired) electrons. The predicted octanol–water partition coefficient (Wildman–Crippen LogP) is 4.68. The fourth-order valence-electron chi connectivity index (χ4n) is 2.72. The highest BCUT2D eigenvalue weighted by molar-refractivity contribution is 5.87. The molecule has 1 aromatic rings. The molecular formula is C24H29F3O6. The molecule has 0 bridgehead atoms. The maximum Gasteiger partial charge on any atom is 0.432 e. The first-order chi connectivity index (χ1) is 15.1. The Morgan fingerprint density at radius 1 is 1.00 bits per heavy atom. The summed E-state index contributed by atoms with van der Waals surface area (Å²) < 4.78 is 57.0. The Labute approximate surface area is 191 Å². The molecule has 0 unspecified atom stereocenters. The molecule has 1 aromatic carbocycles. The Morgan fingerprint density at radius 3 is 2.03 bits per heavy atom. The van der Waals surface area contributed by atoms with Gasteiger partial charge >= 0.3 is 18.1 Å². The molecule has 0 aromatic heterocycles. The molecule has 0 saturated carbocycles. The standard InChI is InChI=1S/C24H29F3O6/c1-16(28)12-13-18(15-32-20(29)22(3,4)5)14-17(2)33-21(30)23(31-6,24(25,26)27)19-10-8-7-9-11-19/h7-14,17H,15H2,1-6H3/b13-12+,18-14-/t17-,23+/m0/s1. The number of hydrogen-bond donors (Lipinski definition) is 0. The summed E-state index contributed by atoms with van der Waals surface area (Å²) in [7, 11) is 0.773. The van der Waals surface area contributed by atoms with Crippen molar-refractivity contribution in [2.45, 2.75) is 52.5 Å². The number of alkyl halides is 3. The Kier molecular flexibility index (Phi) is 9.59. The van der Waals surface area contributed by atoms with E-state index in [0.29, 0.717) is 0 Å². The first-order valence-corrected chi connectivity index (χ1v) is 10.1. The number of ether oxygens (including phenoxy) is 3. The number of carbonyl (C=O) groups excluding carboxylic acids is 3. The van der Waals surface area contributed by atoms with E-state index >= 15 is 0 Å². The summed E-state index contributed by atoms with van der Waals surface area (Å²) in [6.45, 7) is 7.33. The number of esters is 2. The number of halogens is 3. The molecule has 1 rings (SSSR count). The summed E-state index contributed by atoms with van der Waals surface area (Å²) in [6.07, 6.45) is -2.45. The Balaban J connectivity index is 3.22. The highest BCUT2D eigenvalue weighted by Crippen LogP contribution is 2.43. The van der Waals surface area contributed by atoms with Crippen molar-refractivity contribution in [1.82, 2.24) is 0 Å². The fraction of sp³-hybridized carbons (Fsp3) is 0.458. The van der Waals surface area contributed by atoms with Gasteiger partial charge in [-0.05, 0) is 52.3 Å². The first kappa shape index (κ1) is 28.1. The number of methoxy groups -OCH3 is 1. The maximum absolute atomic E-state index is 14.0. The summed E-state index contributed by atoms with van der Waals surface area (Å²) >= 11 is 0. The van der Waals surface area contributed by atoms with Gasteiger partial charge in [0.05, 0.1) is 5.41 Å². The number of hydrogen-bond acceptors (Lipinski definition) is 6. The minimum absolute atomic E-state index is 0.262. The van der Waals surface area contributed by atoms with E-state index in [0.717, 1.165) is 19.2 Å². The number of ketones is 1. The molecule has 182 valence electrons. The molecule has 9 heteroatoms. The number of benzene rings is 1. The number of carbonyl (C=O) groups is 3. The Bertz CT molecular complexity index is 897. The molecule has 0 amide bonds. The highest BCUT2D eigenvalue weighted by Gasteiger charge is 2.64. The average Bonchev–Trinajstić information content (AvgIpc) is 2.69. The zero-order valence-electron chi connectivity index (χ0n) is 19.5. The first-order valence-electron chi connectivity index (χ1n) is 10.1. The monoisotopic (exact) mass is 470 g/mol. The van der Waals surface area contributed by atoms with Crippen LogP contribution in [0.15, 0.2) is 54.1 Å². The van der Waals surface area contributed by atoms with Gasteiger partial charge in [-0.2, -0.15) is 13.2 Å². The average molecular weight is 470 g/mol. The lowest BCUT2D eigenvalue weighted by Gasteiger charge is -2.33. The highest BCUT2D eigenvalue weighted by atomic mass is 19.4. The van der Waals surface area contributed by atoms with E-state index in [9.17, 15) is 27.6 Å². The topological polar surface area (TPSA) is 78.9 Å². The lowest BCUT2D eigenvalue weighted by atomic mass is 9.92. The van der Waals surface area contributed by atoms with Crippen LogP contribution in [0.1, 0.15) is 40.2 Å². The molecule has 33 heavy (non-hydrogen) atoms. The third kappa shape index (κ3) is 7.56. The van der Waals surface area contributed by atoms with Gasteiger partial charge in [0.2, 0.25) is 0 Å². The number of allylic oxidation sites excluding steroid dienone is 1.